The Morgan fingerprint density at radius 1 is 1.15 bits per heavy atom. The molecule has 120 valence electrons. The molecule has 1 unspecified atom stereocenters. The zero-order valence-electron chi connectivity index (χ0n) is 14.3. The van der Waals surface area contributed by atoms with Crippen molar-refractivity contribution in [2.45, 2.75) is 59.4 Å². The summed E-state index contributed by atoms with van der Waals surface area (Å²) >= 11 is 0. The molecule has 0 aliphatic carbocycles. The van der Waals surface area contributed by atoms with Crippen molar-refractivity contribution in [3.8, 4) is 0 Å². The Kier molecular flexibility index (Phi) is 9.49. The van der Waals surface area contributed by atoms with Gasteiger partial charge in [-0.05, 0) is 64.4 Å². The standard InChI is InChI=1S/C17H37N3/c1-5-20(6-2)17-10-13-19(15-17)12-9-7-8-11-18-14-16(3)4/h16-18H,5-15H2,1-4H3. The topological polar surface area (TPSA) is 18.5 Å². The first-order chi connectivity index (χ1) is 9.67. The molecule has 1 rings (SSSR count). The van der Waals surface area contributed by atoms with E-state index in [0.717, 1.165) is 18.5 Å². The van der Waals surface area contributed by atoms with Crippen molar-refractivity contribution in [2.24, 2.45) is 5.92 Å². The lowest BCUT2D eigenvalue weighted by Crippen LogP contribution is -2.37. The molecule has 0 saturated carbocycles. The van der Waals surface area contributed by atoms with Crippen molar-refractivity contribution < 1.29 is 0 Å². The second-order valence-corrected chi connectivity index (χ2v) is 6.62. The van der Waals surface area contributed by atoms with Crippen molar-refractivity contribution in [1.29, 1.82) is 0 Å². The number of likely N-dealkylation sites (tertiary alicyclic amines) is 1. The average Bonchev–Trinajstić information content (AvgIpc) is 2.87. The Bertz CT molecular complexity index is 226. The van der Waals surface area contributed by atoms with Crippen LogP contribution in [0.25, 0.3) is 0 Å². The fraction of sp³-hybridized carbons (Fsp3) is 1.00. The number of hydrogen-bond acceptors (Lipinski definition) is 3. The molecule has 1 atom stereocenters. The Balaban J connectivity index is 1.98. The van der Waals surface area contributed by atoms with E-state index in [9.17, 15) is 0 Å². The van der Waals surface area contributed by atoms with Gasteiger partial charge in [0.15, 0.2) is 0 Å². The fourth-order valence-corrected chi connectivity index (χ4v) is 3.21. The van der Waals surface area contributed by atoms with Crippen LogP contribution < -0.4 is 5.32 Å². The smallest absolute Gasteiger partial charge is 0.0235 e. The summed E-state index contributed by atoms with van der Waals surface area (Å²) in [6.07, 6.45) is 5.45. The summed E-state index contributed by atoms with van der Waals surface area (Å²) in [5.74, 6) is 0.775. The molecular formula is C17H37N3. The maximum Gasteiger partial charge on any atom is 0.0235 e. The second-order valence-electron chi connectivity index (χ2n) is 6.62. The van der Waals surface area contributed by atoms with E-state index in [2.05, 4.69) is 42.8 Å². The van der Waals surface area contributed by atoms with Crippen LogP contribution in [-0.4, -0.2) is 61.7 Å². The molecule has 1 heterocycles. The van der Waals surface area contributed by atoms with Gasteiger partial charge >= 0.3 is 0 Å². The van der Waals surface area contributed by atoms with Crippen LogP contribution in [0.4, 0.5) is 0 Å². The van der Waals surface area contributed by atoms with Gasteiger partial charge in [0.1, 0.15) is 0 Å². The monoisotopic (exact) mass is 283 g/mol. The Hall–Kier alpha value is -0.120. The van der Waals surface area contributed by atoms with Crippen molar-refractivity contribution in [1.82, 2.24) is 15.1 Å². The van der Waals surface area contributed by atoms with Crippen LogP contribution in [0.3, 0.4) is 0 Å². The largest absolute Gasteiger partial charge is 0.316 e. The molecule has 0 aromatic heterocycles. The molecule has 0 amide bonds. The predicted molar refractivity (Wildman–Crippen MR) is 89.3 cm³/mol. The highest BCUT2D eigenvalue weighted by atomic mass is 15.2. The number of unbranched alkanes of at least 4 members (excludes halogenated alkanes) is 2. The Morgan fingerprint density at radius 2 is 1.90 bits per heavy atom. The summed E-state index contributed by atoms with van der Waals surface area (Å²) in [5, 5.41) is 3.53. The molecular weight excluding hydrogens is 246 g/mol. The van der Waals surface area contributed by atoms with Gasteiger partial charge < -0.3 is 10.2 Å². The van der Waals surface area contributed by atoms with Gasteiger partial charge in [-0.25, -0.2) is 0 Å². The van der Waals surface area contributed by atoms with Gasteiger partial charge in [0, 0.05) is 12.6 Å². The number of hydrogen-bond donors (Lipinski definition) is 1. The molecule has 1 fully saturated rings. The summed E-state index contributed by atoms with van der Waals surface area (Å²) in [5.41, 5.74) is 0. The third-order valence-electron chi connectivity index (χ3n) is 4.46. The van der Waals surface area contributed by atoms with Gasteiger partial charge in [-0.1, -0.05) is 34.1 Å². The van der Waals surface area contributed by atoms with Crippen molar-refractivity contribution in [3.63, 3.8) is 0 Å². The van der Waals surface area contributed by atoms with Gasteiger partial charge in [0.2, 0.25) is 0 Å². The molecule has 0 aromatic rings. The van der Waals surface area contributed by atoms with Gasteiger partial charge in [-0.2, -0.15) is 0 Å². The van der Waals surface area contributed by atoms with Crippen molar-refractivity contribution in [2.75, 3.05) is 45.8 Å². The molecule has 0 bridgehead atoms. The number of likely N-dealkylation sites (N-methyl/N-ethyl adjacent to an activating group) is 1. The van der Waals surface area contributed by atoms with E-state index in [0.29, 0.717) is 0 Å². The van der Waals surface area contributed by atoms with Crippen LogP contribution in [0.1, 0.15) is 53.4 Å². The lowest BCUT2D eigenvalue weighted by molar-refractivity contribution is 0.210. The zero-order chi connectivity index (χ0) is 14.8. The number of nitrogens with zero attached hydrogens (tertiary/aromatic N) is 2. The molecule has 1 aliphatic rings. The average molecular weight is 284 g/mol. The molecule has 1 saturated heterocycles. The first-order valence-corrected chi connectivity index (χ1v) is 8.84. The maximum absolute atomic E-state index is 3.53. The summed E-state index contributed by atoms with van der Waals surface area (Å²) in [4.78, 5) is 5.29. The SMILES string of the molecule is CCN(CC)C1CCN(CCCCCNCC(C)C)C1. The molecule has 1 aliphatic heterocycles. The van der Waals surface area contributed by atoms with Crippen LogP contribution in [0.5, 0.6) is 0 Å². The molecule has 0 radical (unpaired) electrons. The Labute approximate surface area is 127 Å². The van der Waals surface area contributed by atoms with Crippen LogP contribution in [0.2, 0.25) is 0 Å². The molecule has 1 N–H and O–H groups in total. The zero-order valence-corrected chi connectivity index (χ0v) is 14.3. The van der Waals surface area contributed by atoms with Crippen LogP contribution in [-0.2, 0) is 0 Å². The summed E-state index contributed by atoms with van der Waals surface area (Å²) < 4.78 is 0. The lowest BCUT2D eigenvalue weighted by atomic mass is 10.2. The second kappa shape index (κ2) is 10.6. The fourth-order valence-electron chi connectivity index (χ4n) is 3.21. The predicted octanol–water partition coefficient (Wildman–Crippen LogP) is 2.82. The van der Waals surface area contributed by atoms with E-state index in [4.69, 9.17) is 0 Å². The van der Waals surface area contributed by atoms with E-state index in [-0.39, 0.29) is 0 Å². The van der Waals surface area contributed by atoms with Crippen LogP contribution in [0, 0.1) is 5.92 Å². The summed E-state index contributed by atoms with van der Waals surface area (Å²) in [6, 6.07) is 0.817. The lowest BCUT2D eigenvalue weighted by Gasteiger charge is -2.26. The first kappa shape index (κ1) is 17.9. The van der Waals surface area contributed by atoms with Crippen molar-refractivity contribution >= 4 is 0 Å². The third kappa shape index (κ3) is 7.05. The molecule has 20 heavy (non-hydrogen) atoms. The summed E-state index contributed by atoms with van der Waals surface area (Å²) in [7, 11) is 0. The third-order valence-corrected chi connectivity index (χ3v) is 4.46. The number of nitrogens with one attached hydrogen (secondary N) is 1. The summed E-state index contributed by atoms with van der Waals surface area (Å²) in [6.45, 7) is 17.8. The van der Waals surface area contributed by atoms with E-state index in [1.807, 2.05) is 0 Å². The minimum Gasteiger partial charge on any atom is -0.316 e. The quantitative estimate of drug-likeness (QED) is 0.588. The van der Waals surface area contributed by atoms with Gasteiger partial charge in [0.05, 0.1) is 0 Å². The Morgan fingerprint density at radius 3 is 2.55 bits per heavy atom. The minimum absolute atomic E-state index is 0.775. The van der Waals surface area contributed by atoms with E-state index in [1.165, 1.54) is 65.0 Å². The van der Waals surface area contributed by atoms with Gasteiger partial charge in [0.25, 0.3) is 0 Å². The van der Waals surface area contributed by atoms with E-state index < -0.39 is 0 Å². The van der Waals surface area contributed by atoms with Gasteiger partial charge in [-0.3, -0.25) is 4.90 Å². The molecule has 3 nitrogen and oxygen atoms in total. The normalized spacial score (nSPS) is 20.4. The molecule has 3 heteroatoms. The number of rotatable bonds is 11. The minimum atomic E-state index is 0.775. The van der Waals surface area contributed by atoms with Crippen LogP contribution in [0.15, 0.2) is 0 Å². The highest BCUT2D eigenvalue weighted by molar-refractivity contribution is 4.82. The van der Waals surface area contributed by atoms with E-state index >= 15 is 0 Å². The van der Waals surface area contributed by atoms with Crippen LogP contribution >= 0.6 is 0 Å². The molecule has 0 spiro atoms. The highest BCUT2D eigenvalue weighted by Gasteiger charge is 2.25. The maximum atomic E-state index is 3.53. The van der Waals surface area contributed by atoms with Crippen molar-refractivity contribution in [3.05, 3.63) is 0 Å². The first-order valence-electron chi connectivity index (χ1n) is 8.84. The highest BCUT2D eigenvalue weighted by Crippen LogP contribution is 2.16. The molecule has 0 aromatic carbocycles. The van der Waals surface area contributed by atoms with Gasteiger partial charge in [-0.15, -0.1) is 0 Å². The van der Waals surface area contributed by atoms with E-state index in [1.54, 1.807) is 0 Å².